The van der Waals surface area contributed by atoms with Crippen molar-refractivity contribution in [1.82, 2.24) is 9.55 Å². The number of carbonyl (C=O) groups is 1. The van der Waals surface area contributed by atoms with Crippen LogP contribution in [0.5, 0.6) is 0 Å². The second-order valence-corrected chi connectivity index (χ2v) is 6.39. The van der Waals surface area contributed by atoms with E-state index >= 15 is 0 Å². The lowest BCUT2D eigenvalue weighted by molar-refractivity contribution is -0.116. The summed E-state index contributed by atoms with van der Waals surface area (Å²) in [7, 11) is 0. The number of nitrogens with one attached hydrogen (secondary N) is 1. The molecule has 1 saturated heterocycles. The molecule has 0 aliphatic carbocycles. The zero-order valence-corrected chi connectivity index (χ0v) is 13.8. The minimum absolute atomic E-state index is 0.0631. The second kappa shape index (κ2) is 7.58. The van der Waals surface area contributed by atoms with Crippen LogP contribution >= 0.6 is 0 Å². The van der Waals surface area contributed by atoms with Crippen LogP contribution in [0.3, 0.4) is 0 Å². The highest BCUT2D eigenvalue weighted by atomic mass is 16.5. The first-order valence-electron chi connectivity index (χ1n) is 8.47. The molecule has 1 fully saturated rings. The number of anilines is 1. The van der Waals surface area contributed by atoms with E-state index in [1.807, 2.05) is 10.8 Å². The van der Waals surface area contributed by atoms with E-state index in [-0.39, 0.29) is 5.91 Å². The van der Waals surface area contributed by atoms with E-state index < -0.39 is 5.66 Å². The van der Waals surface area contributed by atoms with Gasteiger partial charge in [0.2, 0.25) is 11.9 Å². The Morgan fingerprint density at radius 1 is 1.42 bits per heavy atom. The van der Waals surface area contributed by atoms with Crippen molar-refractivity contribution < 1.29 is 9.53 Å². The lowest BCUT2D eigenvalue weighted by Gasteiger charge is -2.23. The molecule has 1 aromatic rings. The van der Waals surface area contributed by atoms with Crippen molar-refractivity contribution in [3.8, 4) is 12.3 Å². The predicted octanol–water partition coefficient (Wildman–Crippen LogP) is 2.60. The minimum Gasteiger partial charge on any atom is -0.381 e. The molecule has 0 atom stereocenters. The summed E-state index contributed by atoms with van der Waals surface area (Å²) in [4.78, 5) is 16.5. The molecule has 0 unspecified atom stereocenters. The van der Waals surface area contributed by atoms with Crippen LogP contribution in [-0.4, -0.2) is 34.3 Å². The summed E-state index contributed by atoms with van der Waals surface area (Å²) in [5.74, 6) is 3.70. The second-order valence-electron chi connectivity index (χ2n) is 6.39. The highest BCUT2D eigenvalue weighted by Gasteiger charge is 2.39. The number of aromatic nitrogens is 2. The van der Waals surface area contributed by atoms with Crippen LogP contribution in [0.15, 0.2) is 22.6 Å². The molecule has 7 nitrogen and oxygen atoms in total. The van der Waals surface area contributed by atoms with Gasteiger partial charge < -0.3 is 9.30 Å². The number of hydrogen-bond donors (Lipinski definition) is 1. The Labute approximate surface area is 141 Å². The van der Waals surface area contributed by atoms with Crippen molar-refractivity contribution in [2.75, 3.05) is 18.5 Å². The third-order valence-corrected chi connectivity index (χ3v) is 4.57. The lowest BCUT2D eigenvalue weighted by atomic mass is 10.0. The molecule has 1 aromatic heterocycles. The Morgan fingerprint density at radius 3 is 2.92 bits per heavy atom. The molecule has 0 radical (unpaired) electrons. The molecule has 128 valence electrons. The van der Waals surface area contributed by atoms with Gasteiger partial charge in [-0.05, 0) is 18.8 Å². The molecule has 3 heterocycles. The number of terminal acetylenes is 1. The van der Waals surface area contributed by atoms with E-state index in [9.17, 15) is 4.79 Å². The number of imidazole rings is 1. The van der Waals surface area contributed by atoms with Gasteiger partial charge in [-0.2, -0.15) is 10.2 Å². The predicted molar refractivity (Wildman–Crippen MR) is 89.3 cm³/mol. The molecule has 1 amide bonds. The van der Waals surface area contributed by atoms with Crippen LogP contribution in [0.2, 0.25) is 0 Å². The largest absolute Gasteiger partial charge is 0.381 e. The Kier molecular flexibility index (Phi) is 5.26. The zero-order valence-electron chi connectivity index (χ0n) is 13.8. The van der Waals surface area contributed by atoms with Gasteiger partial charge in [-0.25, -0.2) is 4.98 Å². The molecule has 1 N–H and O–H groups in total. The first kappa shape index (κ1) is 16.7. The highest BCUT2D eigenvalue weighted by molar-refractivity contribution is 5.89. The van der Waals surface area contributed by atoms with Gasteiger partial charge in [0.25, 0.3) is 0 Å². The minimum atomic E-state index is -0.415. The fourth-order valence-electron chi connectivity index (χ4n) is 2.96. The average Bonchev–Trinajstić information content (AvgIpc) is 3.26. The van der Waals surface area contributed by atoms with Gasteiger partial charge in [-0.3, -0.25) is 10.1 Å². The van der Waals surface area contributed by atoms with E-state index in [1.165, 1.54) is 0 Å². The standard InChI is InChI=1S/C17H23N5O2/c1-2-3-7-17(20-21-17)8-4-15(23)19-16-18-9-10-22(16)13-14-5-11-24-12-6-14/h1,9-10,14H,3-8,11-13H2,(H,18,19,23). The molecule has 0 aromatic carbocycles. The quantitative estimate of drug-likeness (QED) is 0.744. The van der Waals surface area contributed by atoms with Crippen molar-refractivity contribution in [2.24, 2.45) is 16.1 Å². The van der Waals surface area contributed by atoms with E-state index in [0.717, 1.165) is 39.0 Å². The lowest BCUT2D eigenvalue weighted by Crippen LogP contribution is -2.23. The molecule has 3 rings (SSSR count). The van der Waals surface area contributed by atoms with E-state index in [4.69, 9.17) is 11.2 Å². The maximum absolute atomic E-state index is 12.2. The number of amides is 1. The van der Waals surface area contributed by atoms with Gasteiger partial charge in [0.05, 0.1) is 0 Å². The Balaban J connectivity index is 1.46. The topological polar surface area (TPSA) is 80.9 Å². The fourth-order valence-corrected chi connectivity index (χ4v) is 2.96. The van der Waals surface area contributed by atoms with Gasteiger partial charge >= 0.3 is 0 Å². The number of ether oxygens (including phenoxy) is 1. The number of carbonyl (C=O) groups excluding carboxylic acids is 1. The zero-order chi connectivity index (χ0) is 16.8. The molecule has 2 aliphatic heterocycles. The summed E-state index contributed by atoms with van der Waals surface area (Å²) >= 11 is 0. The van der Waals surface area contributed by atoms with Crippen LogP contribution in [0.4, 0.5) is 5.95 Å². The normalized spacial score (nSPS) is 19.0. The summed E-state index contributed by atoms with van der Waals surface area (Å²) < 4.78 is 7.39. The third kappa shape index (κ3) is 4.42. The van der Waals surface area contributed by atoms with Gasteiger partial charge in [-0.1, -0.05) is 0 Å². The SMILES string of the molecule is C#CCCC1(CCC(=O)Nc2nccn2CC2CCOCC2)N=N1. The summed E-state index contributed by atoms with van der Waals surface area (Å²) in [6.45, 7) is 2.48. The van der Waals surface area contributed by atoms with E-state index in [2.05, 4.69) is 26.4 Å². The van der Waals surface area contributed by atoms with Crippen LogP contribution < -0.4 is 5.32 Å². The third-order valence-electron chi connectivity index (χ3n) is 4.57. The smallest absolute Gasteiger partial charge is 0.226 e. The molecular formula is C17H23N5O2. The van der Waals surface area contributed by atoms with Crippen molar-refractivity contribution >= 4 is 11.9 Å². The Morgan fingerprint density at radius 2 is 2.21 bits per heavy atom. The van der Waals surface area contributed by atoms with Crippen LogP contribution in [0.25, 0.3) is 0 Å². The number of nitrogens with zero attached hydrogens (tertiary/aromatic N) is 4. The molecule has 2 aliphatic rings. The summed E-state index contributed by atoms with van der Waals surface area (Å²) in [5, 5.41) is 11.0. The maximum atomic E-state index is 12.2. The molecule has 0 saturated carbocycles. The van der Waals surface area contributed by atoms with Gasteiger partial charge in [0, 0.05) is 57.8 Å². The van der Waals surface area contributed by atoms with E-state index in [1.54, 1.807) is 6.20 Å². The highest BCUT2D eigenvalue weighted by Crippen LogP contribution is 2.37. The average molecular weight is 329 g/mol. The summed E-state index contributed by atoms with van der Waals surface area (Å²) in [5.41, 5.74) is -0.415. The van der Waals surface area contributed by atoms with Gasteiger partial charge in [0.1, 0.15) is 0 Å². The monoisotopic (exact) mass is 329 g/mol. The number of rotatable bonds is 8. The maximum Gasteiger partial charge on any atom is 0.226 e. The molecule has 0 bridgehead atoms. The molecule has 24 heavy (non-hydrogen) atoms. The Hall–Kier alpha value is -2.20. The molecule has 7 heteroatoms. The van der Waals surface area contributed by atoms with Crippen LogP contribution in [0.1, 0.15) is 38.5 Å². The van der Waals surface area contributed by atoms with Crippen LogP contribution in [-0.2, 0) is 16.1 Å². The first-order chi connectivity index (χ1) is 11.7. The molecule has 0 spiro atoms. The summed E-state index contributed by atoms with van der Waals surface area (Å²) in [6.07, 6.45) is 13.3. The van der Waals surface area contributed by atoms with Crippen molar-refractivity contribution in [1.29, 1.82) is 0 Å². The van der Waals surface area contributed by atoms with Crippen molar-refractivity contribution in [3.05, 3.63) is 12.4 Å². The number of hydrogen-bond acceptors (Lipinski definition) is 5. The summed E-state index contributed by atoms with van der Waals surface area (Å²) in [6, 6.07) is 0. The van der Waals surface area contributed by atoms with Gasteiger partial charge in [-0.15, -0.1) is 12.3 Å². The molecular weight excluding hydrogens is 306 g/mol. The van der Waals surface area contributed by atoms with Crippen LogP contribution in [0, 0.1) is 18.3 Å². The fraction of sp³-hybridized carbons (Fsp3) is 0.647. The van der Waals surface area contributed by atoms with Crippen molar-refractivity contribution in [3.63, 3.8) is 0 Å². The van der Waals surface area contributed by atoms with Gasteiger partial charge in [0.15, 0.2) is 5.66 Å². The first-order valence-corrected chi connectivity index (χ1v) is 8.47. The van der Waals surface area contributed by atoms with Crippen molar-refractivity contribution in [2.45, 2.75) is 50.7 Å². The Bertz CT molecular complexity index is 634. The van der Waals surface area contributed by atoms with E-state index in [0.29, 0.717) is 31.1 Å².